The molecule has 1 rings (SSSR count). The Morgan fingerprint density at radius 1 is 1.33 bits per heavy atom. The van der Waals surface area contributed by atoms with Crippen LogP contribution < -0.4 is 4.74 Å². The van der Waals surface area contributed by atoms with Gasteiger partial charge in [0.15, 0.2) is 0 Å². The first-order chi connectivity index (χ1) is 10.2. The van der Waals surface area contributed by atoms with Crippen LogP contribution in [0.1, 0.15) is 32.8 Å². The highest BCUT2D eigenvalue weighted by atomic mass is 16.5. The van der Waals surface area contributed by atoms with Gasteiger partial charge in [-0.2, -0.15) is 5.26 Å². The first-order valence-electron chi connectivity index (χ1n) is 7.56. The predicted molar refractivity (Wildman–Crippen MR) is 83.0 cm³/mol. The maximum Gasteiger partial charge on any atom is 0.240 e. The molecule has 1 aromatic carbocycles. The molecule has 0 N–H and O–H groups in total. The Hall–Kier alpha value is -2.02. The zero-order valence-corrected chi connectivity index (χ0v) is 13.1. The van der Waals surface area contributed by atoms with Crippen molar-refractivity contribution in [3.63, 3.8) is 0 Å². The van der Waals surface area contributed by atoms with Gasteiger partial charge in [0.2, 0.25) is 5.91 Å². The number of carbonyl (C=O) groups is 1. The first-order valence-corrected chi connectivity index (χ1v) is 7.56. The lowest BCUT2D eigenvalue weighted by Gasteiger charge is -2.21. The molecule has 1 unspecified atom stereocenters. The van der Waals surface area contributed by atoms with Crippen molar-refractivity contribution < 1.29 is 9.53 Å². The molecule has 0 saturated heterocycles. The molecule has 0 aliphatic heterocycles. The van der Waals surface area contributed by atoms with Crippen molar-refractivity contribution in [3.05, 3.63) is 29.8 Å². The summed E-state index contributed by atoms with van der Waals surface area (Å²) in [5.74, 6) is 0.0639. The van der Waals surface area contributed by atoms with E-state index in [0.29, 0.717) is 26.1 Å². The zero-order chi connectivity index (χ0) is 15.7. The summed E-state index contributed by atoms with van der Waals surface area (Å²) >= 11 is 0. The van der Waals surface area contributed by atoms with E-state index in [1.807, 2.05) is 32.0 Å². The highest BCUT2D eigenvalue weighted by molar-refractivity contribution is 5.81. The van der Waals surface area contributed by atoms with Crippen LogP contribution in [0.5, 0.6) is 5.75 Å². The fraction of sp³-hybridized carbons (Fsp3) is 0.529. The van der Waals surface area contributed by atoms with Crippen molar-refractivity contribution in [1.29, 1.82) is 5.26 Å². The number of ether oxygens (including phenoxy) is 1. The van der Waals surface area contributed by atoms with Gasteiger partial charge < -0.3 is 9.64 Å². The van der Waals surface area contributed by atoms with Gasteiger partial charge >= 0.3 is 0 Å². The van der Waals surface area contributed by atoms with Crippen molar-refractivity contribution >= 4 is 5.91 Å². The van der Waals surface area contributed by atoms with Gasteiger partial charge in [0.05, 0.1) is 12.7 Å². The summed E-state index contributed by atoms with van der Waals surface area (Å²) in [7, 11) is 0. The van der Waals surface area contributed by atoms with Gasteiger partial charge in [-0.1, -0.05) is 19.1 Å². The average Bonchev–Trinajstić information content (AvgIpc) is 2.52. The van der Waals surface area contributed by atoms with Gasteiger partial charge in [-0.25, -0.2) is 0 Å². The number of nitriles is 1. The number of hydrogen-bond acceptors (Lipinski definition) is 3. The van der Waals surface area contributed by atoms with Gasteiger partial charge in [-0.3, -0.25) is 4.79 Å². The quantitative estimate of drug-likeness (QED) is 0.739. The SMILES string of the molecule is CCc1cccc(OCCC(C#N)C(=O)N(CC)CC)c1. The van der Waals surface area contributed by atoms with Crippen LogP contribution in [0.2, 0.25) is 0 Å². The number of aryl methyl sites for hydroxylation is 1. The topological polar surface area (TPSA) is 53.3 Å². The minimum Gasteiger partial charge on any atom is -0.494 e. The van der Waals surface area contributed by atoms with Crippen LogP contribution in [0.3, 0.4) is 0 Å². The van der Waals surface area contributed by atoms with Crippen LogP contribution in [0.25, 0.3) is 0 Å². The third-order valence-electron chi connectivity index (χ3n) is 3.51. The van der Waals surface area contributed by atoms with Crippen LogP contribution in [0.4, 0.5) is 0 Å². The summed E-state index contributed by atoms with van der Waals surface area (Å²) in [6, 6.07) is 9.98. The molecule has 1 amide bonds. The second-order valence-corrected chi connectivity index (χ2v) is 4.83. The molecular formula is C17H24N2O2. The first kappa shape index (κ1) is 17.0. The highest BCUT2D eigenvalue weighted by Crippen LogP contribution is 2.15. The molecule has 1 aromatic rings. The molecule has 0 bridgehead atoms. The molecule has 0 fully saturated rings. The van der Waals surface area contributed by atoms with E-state index >= 15 is 0 Å². The second kappa shape index (κ2) is 9.02. The lowest BCUT2D eigenvalue weighted by atomic mass is 10.1. The molecular weight excluding hydrogens is 264 g/mol. The van der Waals surface area contributed by atoms with Gasteiger partial charge in [0.1, 0.15) is 11.7 Å². The van der Waals surface area contributed by atoms with Crippen LogP contribution in [0.15, 0.2) is 24.3 Å². The number of benzene rings is 1. The minimum absolute atomic E-state index is 0.103. The summed E-state index contributed by atoms with van der Waals surface area (Å²) in [6.07, 6.45) is 1.38. The van der Waals surface area contributed by atoms with Gasteiger partial charge in [-0.05, 0) is 38.0 Å². The fourth-order valence-electron chi connectivity index (χ4n) is 2.15. The molecule has 0 saturated carbocycles. The Kier molecular flexibility index (Phi) is 7.31. The van der Waals surface area contributed by atoms with E-state index in [1.54, 1.807) is 4.90 Å². The van der Waals surface area contributed by atoms with Gasteiger partial charge in [0.25, 0.3) is 0 Å². The summed E-state index contributed by atoms with van der Waals surface area (Å²) in [6.45, 7) is 7.57. The van der Waals surface area contributed by atoms with Crippen LogP contribution >= 0.6 is 0 Å². The van der Waals surface area contributed by atoms with Crippen LogP contribution in [0, 0.1) is 17.2 Å². The number of amides is 1. The maximum absolute atomic E-state index is 12.1. The van der Waals surface area contributed by atoms with Crippen molar-refractivity contribution in [2.75, 3.05) is 19.7 Å². The Morgan fingerprint density at radius 3 is 2.62 bits per heavy atom. The molecule has 0 spiro atoms. The molecule has 1 atom stereocenters. The van der Waals surface area contributed by atoms with E-state index in [4.69, 9.17) is 10.00 Å². The summed E-state index contributed by atoms with van der Waals surface area (Å²) < 4.78 is 5.66. The molecule has 0 radical (unpaired) electrons. The third-order valence-corrected chi connectivity index (χ3v) is 3.51. The normalized spacial score (nSPS) is 11.5. The Morgan fingerprint density at radius 2 is 2.05 bits per heavy atom. The maximum atomic E-state index is 12.1. The Balaban J connectivity index is 2.52. The van der Waals surface area contributed by atoms with Crippen LogP contribution in [-0.4, -0.2) is 30.5 Å². The van der Waals surface area contributed by atoms with E-state index in [1.165, 1.54) is 5.56 Å². The molecule has 0 aliphatic rings. The van der Waals surface area contributed by atoms with Crippen molar-refractivity contribution in [2.45, 2.75) is 33.6 Å². The summed E-state index contributed by atoms with van der Waals surface area (Å²) in [5.41, 5.74) is 1.21. The average molecular weight is 288 g/mol. The van der Waals surface area contributed by atoms with Crippen LogP contribution in [-0.2, 0) is 11.2 Å². The summed E-state index contributed by atoms with van der Waals surface area (Å²) in [4.78, 5) is 13.8. The summed E-state index contributed by atoms with van der Waals surface area (Å²) in [5, 5.41) is 9.16. The number of carbonyl (C=O) groups excluding carboxylic acids is 1. The predicted octanol–water partition coefficient (Wildman–Crippen LogP) is 3.03. The smallest absolute Gasteiger partial charge is 0.240 e. The molecule has 4 heteroatoms. The van der Waals surface area contributed by atoms with E-state index in [2.05, 4.69) is 19.1 Å². The number of nitrogens with zero attached hydrogens (tertiary/aromatic N) is 2. The van der Waals surface area contributed by atoms with Gasteiger partial charge in [0, 0.05) is 19.5 Å². The fourth-order valence-corrected chi connectivity index (χ4v) is 2.15. The van der Waals surface area contributed by atoms with Crippen molar-refractivity contribution in [2.24, 2.45) is 5.92 Å². The Labute approximate surface area is 127 Å². The molecule has 114 valence electrons. The van der Waals surface area contributed by atoms with E-state index < -0.39 is 5.92 Å². The van der Waals surface area contributed by atoms with E-state index in [9.17, 15) is 4.79 Å². The molecule has 4 nitrogen and oxygen atoms in total. The lowest BCUT2D eigenvalue weighted by molar-refractivity contribution is -0.133. The Bertz CT molecular complexity index is 490. The molecule has 0 aromatic heterocycles. The number of hydrogen-bond donors (Lipinski definition) is 0. The second-order valence-electron chi connectivity index (χ2n) is 4.83. The monoisotopic (exact) mass is 288 g/mol. The van der Waals surface area contributed by atoms with E-state index in [0.717, 1.165) is 12.2 Å². The molecule has 0 aliphatic carbocycles. The zero-order valence-electron chi connectivity index (χ0n) is 13.1. The number of rotatable bonds is 8. The highest BCUT2D eigenvalue weighted by Gasteiger charge is 2.22. The molecule has 0 heterocycles. The van der Waals surface area contributed by atoms with Crippen molar-refractivity contribution in [3.8, 4) is 11.8 Å². The van der Waals surface area contributed by atoms with E-state index in [-0.39, 0.29) is 5.91 Å². The third kappa shape index (κ3) is 5.11. The van der Waals surface area contributed by atoms with Crippen molar-refractivity contribution in [1.82, 2.24) is 4.90 Å². The molecule has 21 heavy (non-hydrogen) atoms. The lowest BCUT2D eigenvalue weighted by Crippen LogP contribution is -2.36. The standard InChI is InChI=1S/C17H24N2O2/c1-4-14-8-7-9-16(12-14)21-11-10-15(13-18)17(20)19(5-2)6-3/h7-9,12,15H,4-6,10-11H2,1-3H3. The largest absolute Gasteiger partial charge is 0.494 e. The minimum atomic E-state index is -0.626. The van der Waals surface area contributed by atoms with Gasteiger partial charge in [-0.15, -0.1) is 0 Å².